The average Bonchev–Trinajstić information content (AvgIpc) is 2.84. The zero-order valence-electron chi connectivity index (χ0n) is 13.0. The van der Waals surface area contributed by atoms with Crippen LogP contribution < -0.4 is 5.56 Å². The van der Waals surface area contributed by atoms with Crippen molar-refractivity contribution in [2.45, 2.75) is 13.8 Å². The molecule has 24 heavy (non-hydrogen) atoms. The Morgan fingerprint density at radius 2 is 1.67 bits per heavy atom. The predicted octanol–water partition coefficient (Wildman–Crippen LogP) is 5.50. The lowest BCUT2D eigenvalue weighted by Crippen LogP contribution is -2.14. The summed E-state index contributed by atoms with van der Waals surface area (Å²) in [6.07, 6.45) is 0. The minimum Gasteiger partial charge on any atom is -0.293 e. The number of nitrogens with zero attached hydrogens (tertiary/aromatic N) is 3. The highest BCUT2D eigenvalue weighted by Crippen LogP contribution is 2.27. The Hall–Kier alpha value is -2.37. The molecule has 0 aliphatic rings. The first-order valence-corrected chi connectivity index (χ1v) is 7.98. The molecular weight excluding hydrogens is 347 g/mol. The third kappa shape index (κ3) is 3.00. The van der Waals surface area contributed by atoms with Gasteiger partial charge in [-0.1, -0.05) is 41.4 Å². The van der Waals surface area contributed by atoms with Gasteiger partial charge in [-0.25, -0.2) is 4.68 Å². The Labute approximate surface area is 148 Å². The molecule has 0 atom stereocenters. The van der Waals surface area contributed by atoms with E-state index in [4.69, 9.17) is 23.2 Å². The molecule has 2 aromatic carbocycles. The first-order valence-electron chi connectivity index (χ1n) is 7.22. The third-order valence-electron chi connectivity index (χ3n) is 3.63. The predicted molar refractivity (Wildman–Crippen MR) is 96.5 cm³/mol. The summed E-state index contributed by atoms with van der Waals surface area (Å²) in [6, 6.07) is 12.4. The number of H-pyrrole nitrogens is 1. The van der Waals surface area contributed by atoms with Gasteiger partial charge in [0.2, 0.25) is 0 Å². The molecule has 1 aromatic heterocycles. The standard InChI is InChI=1S/C17H14Cl2N4O/c1-10-12(18)7-5-8-14(10)20-21-16-11(2)22-23(17(16)24)15-9-4-3-6-13(15)19/h3-9,22H,1-2H3. The third-order valence-corrected chi connectivity index (χ3v) is 4.36. The van der Waals surface area contributed by atoms with Crippen LogP contribution in [0.5, 0.6) is 0 Å². The molecule has 0 spiro atoms. The molecular formula is C17H14Cl2N4O. The maximum atomic E-state index is 12.6. The van der Waals surface area contributed by atoms with Crippen LogP contribution in [-0.4, -0.2) is 9.78 Å². The van der Waals surface area contributed by atoms with E-state index >= 15 is 0 Å². The molecule has 1 N–H and O–H groups in total. The van der Waals surface area contributed by atoms with Crippen LogP contribution in [-0.2, 0) is 0 Å². The lowest BCUT2D eigenvalue weighted by molar-refractivity contribution is 0.835. The van der Waals surface area contributed by atoms with Gasteiger partial charge in [-0.05, 0) is 43.7 Å². The molecule has 122 valence electrons. The van der Waals surface area contributed by atoms with Crippen LogP contribution in [0.3, 0.4) is 0 Å². The first-order chi connectivity index (χ1) is 11.5. The van der Waals surface area contributed by atoms with Crippen LogP contribution in [0.15, 0.2) is 57.5 Å². The molecule has 5 nitrogen and oxygen atoms in total. The second-order valence-corrected chi connectivity index (χ2v) is 6.08. The van der Waals surface area contributed by atoms with Crippen molar-refractivity contribution in [2.75, 3.05) is 0 Å². The molecule has 0 saturated heterocycles. The number of benzene rings is 2. The highest BCUT2D eigenvalue weighted by atomic mass is 35.5. The highest BCUT2D eigenvalue weighted by Gasteiger charge is 2.14. The van der Waals surface area contributed by atoms with Crippen molar-refractivity contribution in [3.8, 4) is 5.69 Å². The summed E-state index contributed by atoms with van der Waals surface area (Å²) in [7, 11) is 0. The van der Waals surface area contributed by atoms with Crippen molar-refractivity contribution in [2.24, 2.45) is 10.2 Å². The van der Waals surface area contributed by atoms with Gasteiger partial charge in [0.1, 0.15) is 0 Å². The number of aromatic amines is 1. The number of azo groups is 1. The zero-order chi connectivity index (χ0) is 17.3. The van der Waals surface area contributed by atoms with Crippen LogP contribution in [0, 0.1) is 13.8 Å². The maximum Gasteiger partial charge on any atom is 0.299 e. The van der Waals surface area contributed by atoms with E-state index in [0.29, 0.717) is 27.1 Å². The summed E-state index contributed by atoms with van der Waals surface area (Å²) >= 11 is 12.2. The minimum absolute atomic E-state index is 0.231. The van der Waals surface area contributed by atoms with Crippen LogP contribution in [0.25, 0.3) is 5.69 Å². The summed E-state index contributed by atoms with van der Waals surface area (Å²) in [5.74, 6) is 0. The van der Waals surface area contributed by atoms with Gasteiger partial charge in [-0.2, -0.15) is 0 Å². The molecule has 0 aliphatic heterocycles. The number of halogens is 2. The molecule has 0 unspecified atom stereocenters. The number of hydrogen-bond donors (Lipinski definition) is 1. The van der Waals surface area contributed by atoms with Crippen LogP contribution in [0.2, 0.25) is 10.0 Å². The van der Waals surface area contributed by atoms with Crippen LogP contribution in [0.4, 0.5) is 11.4 Å². The number of aromatic nitrogens is 2. The van der Waals surface area contributed by atoms with Crippen molar-refractivity contribution in [1.29, 1.82) is 0 Å². The molecule has 0 amide bonds. The van der Waals surface area contributed by atoms with Gasteiger partial charge in [0.25, 0.3) is 5.56 Å². The fourth-order valence-electron chi connectivity index (χ4n) is 2.27. The van der Waals surface area contributed by atoms with Crippen molar-refractivity contribution in [1.82, 2.24) is 9.78 Å². The van der Waals surface area contributed by atoms with Gasteiger partial charge < -0.3 is 0 Å². The van der Waals surface area contributed by atoms with Gasteiger partial charge in [-0.3, -0.25) is 9.89 Å². The lowest BCUT2D eigenvalue weighted by Gasteiger charge is -2.02. The molecule has 0 fully saturated rings. The highest BCUT2D eigenvalue weighted by molar-refractivity contribution is 6.32. The molecule has 0 aliphatic carbocycles. The summed E-state index contributed by atoms with van der Waals surface area (Å²) in [5.41, 5.74) is 2.50. The van der Waals surface area contributed by atoms with E-state index < -0.39 is 0 Å². The Kier molecular flexibility index (Phi) is 4.55. The second kappa shape index (κ2) is 6.63. The fraction of sp³-hybridized carbons (Fsp3) is 0.118. The maximum absolute atomic E-state index is 12.6. The van der Waals surface area contributed by atoms with Gasteiger partial charge in [0.05, 0.1) is 22.1 Å². The van der Waals surface area contributed by atoms with E-state index in [1.54, 1.807) is 49.4 Å². The molecule has 7 heteroatoms. The summed E-state index contributed by atoms with van der Waals surface area (Å²) in [5, 5.41) is 12.3. The average molecular weight is 361 g/mol. The SMILES string of the molecule is Cc1[nH]n(-c2ccccc2Cl)c(=O)c1N=Nc1cccc(Cl)c1C. The monoisotopic (exact) mass is 360 g/mol. The zero-order valence-corrected chi connectivity index (χ0v) is 14.6. The van der Waals surface area contributed by atoms with E-state index in [-0.39, 0.29) is 11.2 Å². The lowest BCUT2D eigenvalue weighted by atomic mass is 10.2. The van der Waals surface area contributed by atoms with Gasteiger partial charge in [0, 0.05) is 5.02 Å². The van der Waals surface area contributed by atoms with E-state index in [2.05, 4.69) is 15.3 Å². The van der Waals surface area contributed by atoms with E-state index in [9.17, 15) is 4.79 Å². The number of rotatable bonds is 3. The Morgan fingerprint density at radius 1 is 0.958 bits per heavy atom. The molecule has 0 radical (unpaired) electrons. The Bertz CT molecular complexity index is 988. The largest absolute Gasteiger partial charge is 0.299 e. The number of para-hydroxylation sites is 1. The minimum atomic E-state index is -0.316. The van der Waals surface area contributed by atoms with Gasteiger partial charge >= 0.3 is 0 Å². The summed E-state index contributed by atoms with van der Waals surface area (Å²) in [4.78, 5) is 12.6. The fourth-order valence-corrected chi connectivity index (χ4v) is 2.66. The van der Waals surface area contributed by atoms with E-state index in [0.717, 1.165) is 5.56 Å². The quantitative estimate of drug-likeness (QED) is 0.615. The first kappa shape index (κ1) is 16.5. The van der Waals surface area contributed by atoms with Crippen molar-refractivity contribution >= 4 is 34.6 Å². The van der Waals surface area contributed by atoms with Crippen LogP contribution in [0.1, 0.15) is 11.3 Å². The second-order valence-electron chi connectivity index (χ2n) is 5.26. The van der Waals surface area contributed by atoms with Crippen molar-refractivity contribution in [3.05, 3.63) is 74.1 Å². The molecule has 0 saturated carbocycles. The van der Waals surface area contributed by atoms with E-state index in [1.807, 2.05) is 6.92 Å². The summed E-state index contributed by atoms with van der Waals surface area (Å²) in [6.45, 7) is 3.61. The van der Waals surface area contributed by atoms with Crippen molar-refractivity contribution < 1.29 is 0 Å². The molecule has 1 heterocycles. The Morgan fingerprint density at radius 3 is 2.42 bits per heavy atom. The van der Waals surface area contributed by atoms with Gasteiger partial charge in [-0.15, -0.1) is 10.2 Å². The number of hydrogen-bond acceptors (Lipinski definition) is 3. The van der Waals surface area contributed by atoms with Gasteiger partial charge in [0.15, 0.2) is 5.69 Å². The Balaban J connectivity index is 2.05. The smallest absolute Gasteiger partial charge is 0.293 e. The summed E-state index contributed by atoms with van der Waals surface area (Å²) < 4.78 is 1.36. The number of nitrogens with one attached hydrogen (secondary N) is 1. The topological polar surface area (TPSA) is 62.5 Å². The molecule has 3 rings (SSSR count). The van der Waals surface area contributed by atoms with Crippen molar-refractivity contribution in [3.63, 3.8) is 0 Å². The molecule has 3 aromatic rings. The van der Waals surface area contributed by atoms with Crippen LogP contribution >= 0.6 is 23.2 Å². The normalized spacial score (nSPS) is 11.3. The molecule has 0 bridgehead atoms. The van der Waals surface area contributed by atoms with E-state index in [1.165, 1.54) is 4.68 Å². The number of aryl methyl sites for hydroxylation is 1.